The lowest BCUT2D eigenvalue weighted by atomic mass is 10.1. The maximum Gasteiger partial charge on any atom is 0.185 e. The SMILES string of the molecule is Cc1csc(N2CCN([C@@H](C)c3cccnc3)C[C@@H]2C)n1. The van der Waals surface area contributed by atoms with Crippen molar-refractivity contribution in [2.75, 3.05) is 24.5 Å². The van der Waals surface area contributed by atoms with Crippen LogP contribution in [0.2, 0.25) is 0 Å². The summed E-state index contributed by atoms with van der Waals surface area (Å²) in [6, 6.07) is 5.09. The fourth-order valence-corrected chi connectivity index (χ4v) is 3.86. The van der Waals surface area contributed by atoms with E-state index in [2.05, 4.69) is 52.0 Å². The first-order valence-electron chi connectivity index (χ1n) is 7.48. The Morgan fingerprint density at radius 3 is 2.86 bits per heavy atom. The maximum absolute atomic E-state index is 4.63. The van der Waals surface area contributed by atoms with Crippen molar-refractivity contribution in [2.45, 2.75) is 32.9 Å². The van der Waals surface area contributed by atoms with E-state index in [0.717, 1.165) is 30.5 Å². The number of thiazole rings is 1. The van der Waals surface area contributed by atoms with E-state index >= 15 is 0 Å². The third-order valence-electron chi connectivity index (χ3n) is 4.23. The second-order valence-corrected chi connectivity index (χ2v) is 6.61. The Balaban J connectivity index is 1.68. The Labute approximate surface area is 130 Å². The summed E-state index contributed by atoms with van der Waals surface area (Å²) in [6.07, 6.45) is 3.81. The fraction of sp³-hybridized carbons (Fsp3) is 0.500. The number of aromatic nitrogens is 2. The molecule has 5 heteroatoms. The van der Waals surface area contributed by atoms with Crippen LogP contribution >= 0.6 is 11.3 Å². The summed E-state index contributed by atoms with van der Waals surface area (Å²) in [5, 5.41) is 3.29. The number of nitrogens with zero attached hydrogens (tertiary/aromatic N) is 4. The van der Waals surface area contributed by atoms with Crippen molar-refractivity contribution < 1.29 is 0 Å². The molecule has 4 nitrogen and oxygen atoms in total. The Morgan fingerprint density at radius 2 is 2.24 bits per heavy atom. The summed E-state index contributed by atoms with van der Waals surface area (Å²) in [4.78, 5) is 13.8. The number of piperazine rings is 1. The second-order valence-electron chi connectivity index (χ2n) is 5.77. The van der Waals surface area contributed by atoms with E-state index in [1.165, 1.54) is 5.56 Å². The minimum atomic E-state index is 0.418. The van der Waals surface area contributed by atoms with Gasteiger partial charge in [0.2, 0.25) is 0 Å². The molecular formula is C16H22N4S. The molecule has 0 N–H and O–H groups in total. The van der Waals surface area contributed by atoms with E-state index < -0.39 is 0 Å². The molecule has 0 amide bonds. The first kappa shape index (κ1) is 14.5. The Bertz CT molecular complexity index is 583. The number of anilines is 1. The van der Waals surface area contributed by atoms with Crippen LogP contribution in [0.25, 0.3) is 0 Å². The predicted molar refractivity (Wildman–Crippen MR) is 87.9 cm³/mol. The zero-order chi connectivity index (χ0) is 14.8. The Morgan fingerprint density at radius 1 is 1.38 bits per heavy atom. The lowest BCUT2D eigenvalue weighted by molar-refractivity contribution is 0.175. The molecule has 0 saturated carbocycles. The zero-order valence-electron chi connectivity index (χ0n) is 12.9. The molecule has 0 bridgehead atoms. The van der Waals surface area contributed by atoms with Crippen molar-refractivity contribution in [3.63, 3.8) is 0 Å². The van der Waals surface area contributed by atoms with Crippen LogP contribution in [0.15, 0.2) is 29.9 Å². The van der Waals surface area contributed by atoms with Gasteiger partial charge in [-0.3, -0.25) is 9.88 Å². The van der Waals surface area contributed by atoms with Gasteiger partial charge in [0.25, 0.3) is 0 Å². The van der Waals surface area contributed by atoms with Gasteiger partial charge in [-0.05, 0) is 32.4 Å². The third-order valence-corrected chi connectivity index (χ3v) is 5.22. The molecule has 0 spiro atoms. The van der Waals surface area contributed by atoms with Gasteiger partial charge >= 0.3 is 0 Å². The highest BCUT2D eigenvalue weighted by Gasteiger charge is 2.28. The monoisotopic (exact) mass is 302 g/mol. The van der Waals surface area contributed by atoms with Gasteiger partial charge in [-0.2, -0.15) is 0 Å². The van der Waals surface area contributed by atoms with Gasteiger partial charge in [-0.1, -0.05) is 6.07 Å². The molecule has 1 saturated heterocycles. The van der Waals surface area contributed by atoms with E-state index in [4.69, 9.17) is 0 Å². The van der Waals surface area contributed by atoms with Crippen molar-refractivity contribution in [3.05, 3.63) is 41.2 Å². The highest BCUT2D eigenvalue weighted by Crippen LogP contribution is 2.28. The van der Waals surface area contributed by atoms with Crippen LogP contribution in [0.5, 0.6) is 0 Å². The van der Waals surface area contributed by atoms with Gasteiger partial charge in [-0.25, -0.2) is 4.98 Å². The van der Waals surface area contributed by atoms with Crippen molar-refractivity contribution in [1.29, 1.82) is 0 Å². The van der Waals surface area contributed by atoms with Gasteiger partial charge in [0.15, 0.2) is 5.13 Å². The van der Waals surface area contributed by atoms with Crippen LogP contribution in [-0.4, -0.2) is 40.5 Å². The highest BCUT2D eigenvalue weighted by molar-refractivity contribution is 7.13. The predicted octanol–water partition coefficient (Wildman–Crippen LogP) is 3.12. The minimum absolute atomic E-state index is 0.418. The minimum Gasteiger partial charge on any atom is -0.343 e. The summed E-state index contributed by atoms with van der Waals surface area (Å²) >= 11 is 1.75. The normalized spacial score (nSPS) is 21.5. The summed E-state index contributed by atoms with van der Waals surface area (Å²) < 4.78 is 0. The van der Waals surface area contributed by atoms with Gasteiger partial charge in [0.1, 0.15) is 0 Å². The van der Waals surface area contributed by atoms with Gasteiger partial charge in [-0.15, -0.1) is 11.3 Å². The van der Waals surface area contributed by atoms with Crippen molar-refractivity contribution in [3.8, 4) is 0 Å². The number of aryl methyl sites for hydroxylation is 1. The van der Waals surface area contributed by atoms with Crippen LogP contribution in [0.3, 0.4) is 0 Å². The zero-order valence-corrected chi connectivity index (χ0v) is 13.7. The molecule has 0 aromatic carbocycles. The first-order valence-corrected chi connectivity index (χ1v) is 8.36. The largest absolute Gasteiger partial charge is 0.343 e. The molecule has 1 aliphatic heterocycles. The molecule has 3 rings (SSSR count). The van der Waals surface area contributed by atoms with Gasteiger partial charge in [0, 0.05) is 49.5 Å². The van der Waals surface area contributed by atoms with Crippen LogP contribution in [0, 0.1) is 6.92 Å². The van der Waals surface area contributed by atoms with Crippen molar-refractivity contribution in [2.24, 2.45) is 0 Å². The molecule has 0 aliphatic carbocycles. The standard InChI is InChI=1S/C16H22N4S/c1-12-11-21-16(18-12)20-8-7-19(10-13(20)2)14(3)15-5-4-6-17-9-15/h4-6,9,11,13-14H,7-8,10H2,1-3H3/t13-,14-/m0/s1. The van der Waals surface area contributed by atoms with Crippen LogP contribution < -0.4 is 4.90 Å². The van der Waals surface area contributed by atoms with Crippen LogP contribution in [0.4, 0.5) is 5.13 Å². The summed E-state index contributed by atoms with van der Waals surface area (Å²) in [6.45, 7) is 9.80. The van der Waals surface area contributed by atoms with E-state index in [1.807, 2.05) is 18.5 Å². The number of hydrogen-bond acceptors (Lipinski definition) is 5. The molecule has 21 heavy (non-hydrogen) atoms. The highest BCUT2D eigenvalue weighted by atomic mass is 32.1. The quantitative estimate of drug-likeness (QED) is 0.872. The van der Waals surface area contributed by atoms with E-state index in [1.54, 1.807) is 11.3 Å². The molecule has 2 atom stereocenters. The molecule has 2 aromatic rings. The molecule has 0 radical (unpaired) electrons. The van der Waals surface area contributed by atoms with Crippen molar-refractivity contribution in [1.82, 2.24) is 14.9 Å². The maximum atomic E-state index is 4.63. The molecular weight excluding hydrogens is 280 g/mol. The van der Waals surface area contributed by atoms with E-state index in [0.29, 0.717) is 12.1 Å². The van der Waals surface area contributed by atoms with Crippen molar-refractivity contribution >= 4 is 16.5 Å². The first-order chi connectivity index (χ1) is 10.1. The fourth-order valence-electron chi connectivity index (χ4n) is 2.93. The third kappa shape index (κ3) is 3.09. The molecule has 112 valence electrons. The average Bonchev–Trinajstić information content (AvgIpc) is 2.93. The average molecular weight is 302 g/mol. The van der Waals surface area contributed by atoms with E-state index in [9.17, 15) is 0 Å². The summed E-state index contributed by atoms with van der Waals surface area (Å²) in [5.74, 6) is 0. The molecule has 3 heterocycles. The molecule has 0 unspecified atom stereocenters. The smallest absolute Gasteiger partial charge is 0.185 e. The second kappa shape index (κ2) is 6.12. The van der Waals surface area contributed by atoms with Gasteiger partial charge < -0.3 is 4.90 Å². The molecule has 2 aromatic heterocycles. The lowest BCUT2D eigenvalue weighted by Gasteiger charge is -2.42. The topological polar surface area (TPSA) is 32.3 Å². The lowest BCUT2D eigenvalue weighted by Crippen LogP contribution is -2.52. The van der Waals surface area contributed by atoms with Crippen LogP contribution in [-0.2, 0) is 0 Å². The summed E-state index contributed by atoms with van der Waals surface area (Å²) in [5.41, 5.74) is 2.41. The molecule has 1 aliphatic rings. The summed E-state index contributed by atoms with van der Waals surface area (Å²) in [7, 11) is 0. The molecule has 1 fully saturated rings. The Kier molecular flexibility index (Phi) is 4.22. The Hall–Kier alpha value is -1.46. The number of rotatable bonds is 3. The number of pyridine rings is 1. The van der Waals surface area contributed by atoms with Gasteiger partial charge in [0.05, 0.1) is 5.69 Å². The van der Waals surface area contributed by atoms with E-state index in [-0.39, 0.29) is 0 Å². The van der Waals surface area contributed by atoms with Crippen LogP contribution in [0.1, 0.15) is 31.1 Å². The number of hydrogen-bond donors (Lipinski definition) is 0.